The molecule has 0 N–H and O–H groups in total. The third-order valence-corrected chi connectivity index (χ3v) is 4.87. The van der Waals surface area contributed by atoms with E-state index >= 15 is 0 Å². The number of carbonyl (C=O) groups excluding carboxylic acids is 2. The molecule has 2 aromatic rings. The molecule has 2 aliphatic heterocycles. The van der Waals surface area contributed by atoms with Crippen molar-refractivity contribution in [1.29, 1.82) is 0 Å². The zero-order chi connectivity index (χ0) is 18.6. The van der Waals surface area contributed by atoms with Crippen molar-refractivity contribution in [1.82, 2.24) is 9.80 Å². The minimum atomic E-state index is -0.559. The van der Waals surface area contributed by atoms with E-state index in [0.717, 1.165) is 11.3 Å². The van der Waals surface area contributed by atoms with Crippen molar-refractivity contribution in [3.8, 4) is 0 Å². The summed E-state index contributed by atoms with van der Waals surface area (Å²) in [4.78, 5) is 33.8. The van der Waals surface area contributed by atoms with Crippen LogP contribution in [0.15, 0.2) is 58.3 Å². The summed E-state index contributed by atoms with van der Waals surface area (Å²) in [5, 5.41) is 4.10. The number of nitrogens with zero attached hydrogens (tertiary/aromatic N) is 3. The van der Waals surface area contributed by atoms with Crippen LogP contribution in [0, 0.1) is 0 Å². The predicted octanol–water partition coefficient (Wildman–Crippen LogP) is 1.95. The fourth-order valence-corrected chi connectivity index (χ4v) is 3.38. The number of oxime groups is 1. The van der Waals surface area contributed by atoms with Crippen molar-refractivity contribution in [3.63, 3.8) is 0 Å². The molecule has 1 unspecified atom stereocenters. The molecule has 0 radical (unpaired) electrons. The van der Waals surface area contributed by atoms with E-state index in [4.69, 9.17) is 9.25 Å². The van der Waals surface area contributed by atoms with Crippen LogP contribution in [0.2, 0.25) is 0 Å². The maximum absolute atomic E-state index is 12.7. The van der Waals surface area contributed by atoms with Crippen LogP contribution in [0.3, 0.4) is 0 Å². The predicted molar refractivity (Wildman–Crippen MR) is 98.3 cm³/mol. The van der Waals surface area contributed by atoms with E-state index in [-0.39, 0.29) is 11.8 Å². The topological polar surface area (TPSA) is 75.4 Å². The largest absolute Gasteiger partial charge is 0.459 e. The average molecular weight is 367 g/mol. The Hall–Kier alpha value is -3.09. The molecule has 4 rings (SSSR count). The summed E-state index contributed by atoms with van der Waals surface area (Å²) in [5.41, 5.74) is 2.03. The highest BCUT2D eigenvalue weighted by molar-refractivity contribution is 5.94. The van der Waals surface area contributed by atoms with E-state index in [1.54, 1.807) is 21.9 Å². The summed E-state index contributed by atoms with van der Waals surface area (Å²) in [5.74, 6) is 0.123. The van der Waals surface area contributed by atoms with Crippen molar-refractivity contribution < 1.29 is 18.8 Å². The molecule has 1 atom stereocenters. The summed E-state index contributed by atoms with van der Waals surface area (Å²) >= 11 is 0. The second kappa shape index (κ2) is 7.65. The molecule has 27 heavy (non-hydrogen) atoms. The highest BCUT2D eigenvalue weighted by Crippen LogP contribution is 2.18. The molecule has 1 saturated heterocycles. The van der Waals surface area contributed by atoms with Crippen LogP contribution < -0.4 is 0 Å². The van der Waals surface area contributed by atoms with Crippen molar-refractivity contribution in [2.45, 2.75) is 18.9 Å². The van der Waals surface area contributed by atoms with Crippen LogP contribution in [0.1, 0.15) is 22.5 Å². The molecule has 7 nitrogen and oxygen atoms in total. The maximum atomic E-state index is 12.7. The Morgan fingerprint density at radius 2 is 1.74 bits per heavy atom. The fraction of sp³-hybridized carbons (Fsp3) is 0.350. The van der Waals surface area contributed by atoms with E-state index in [1.165, 1.54) is 6.26 Å². The minimum absolute atomic E-state index is 0.0630. The van der Waals surface area contributed by atoms with Crippen LogP contribution in [-0.2, 0) is 16.1 Å². The molecule has 140 valence electrons. The lowest BCUT2D eigenvalue weighted by Gasteiger charge is -2.35. The second-order valence-corrected chi connectivity index (χ2v) is 6.71. The molecule has 1 aromatic heterocycles. The standard InChI is InChI=1S/C20H21N3O4/c24-19(17-7-4-12-26-17)22-8-10-23(11-9-22)20(25)18-14-16(21-27-18)13-15-5-2-1-3-6-15/h1-7,12,18H,8-11,13-14H2. The normalized spacial score (nSPS) is 19.6. The Morgan fingerprint density at radius 1 is 1.00 bits per heavy atom. The summed E-state index contributed by atoms with van der Waals surface area (Å²) in [6, 6.07) is 13.4. The van der Waals surface area contributed by atoms with Gasteiger partial charge in [-0.15, -0.1) is 0 Å². The van der Waals surface area contributed by atoms with Crippen LogP contribution in [-0.4, -0.2) is 59.6 Å². The van der Waals surface area contributed by atoms with Crippen LogP contribution in [0.5, 0.6) is 0 Å². The quantitative estimate of drug-likeness (QED) is 0.828. The number of benzene rings is 1. The number of furan rings is 1. The zero-order valence-electron chi connectivity index (χ0n) is 14.9. The van der Waals surface area contributed by atoms with Gasteiger partial charge in [0, 0.05) is 39.0 Å². The van der Waals surface area contributed by atoms with E-state index in [0.29, 0.717) is 44.8 Å². The van der Waals surface area contributed by atoms with E-state index in [1.807, 2.05) is 30.3 Å². The number of hydrogen-bond acceptors (Lipinski definition) is 5. The molecule has 2 amide bonds. The number of piperazine rings is 1. The SMILES string of the molecule is O=C(c1ccco1)N1CCN(C(=O)C2CC(Cc3ccccc3)=NO2)CC1. The van der Waals surface area contributed by atoms with Crippen LogP contribution in [0.4, 0.5) is 0 Å². The van der Waals surface area contributed by atoms with Gasteiger partial charge in [0.1, 0.15) is 0 Å². The summed E-state index contributed by atoms with van der Waals surface area (Å²) < 4.78 is 5.16. The van der Waals surface area contributed by atoms with Gasteiger partial charge in [-0.25, -0.2) is 0 Å². The van der Waals surface area contributed by atoms with Gasteiger partial charge in [-0.2, -0.15) is 0 Å². The van der Waals surface area contributed by atoms with Gasteiger partial charge >= 0.3 is 0 Å². The van der Waals surface area contributed by atoms with Crippen LogP contribution >= 0.6 is 0 Å². The monoisotopic (exact) mass is 367 g/mol. The highest BCUT2D eigenvalue weighted by Gasteiger charge is 2.34. The molecule has 7 heteroatoms. The molecule has 0 bridgehead atoms. The Bertz CT molecular complexity index is 824. The average Bonchev–Trinajstić information content (AvgIpc) is 3.40. The van der Waals surface area contributed by atoms with E-state index in [2.05, 4.69) is 5.16 Å². The number of carbonyl (C=O) groups is 2. The Labute approximate surface area is 157 Å². The van der Waals surface area contributed by atoms with Crippen LogP contribution in [0.25, 0.3) is 0 Å². The molecule has 2 aliphatic rings. The molecule has 1 aromatic carbocycles. The molecule has 0 saturated carbocycles. The van der Waals surface area contributed by atoms with Crippen molar-refractivity contribution in [2.24, 2.45) is 5.16 Å². The van der Waals surface area contributed by atoms with Gasteiger partial charge in [0.2, 0.25) is 6.10 Å². The first-order valence-electron chi connectivity index (χ1n) is 9.08. The Balaban J connectivity index is 1.27. The lowest BCUT2D eigenvalue weighted by molar-refractivity contribution is -0.143. The lowest BCUT2D eigenvalue weighted by Crippen LogP contribution is -2.52. The Kier molecular flexibility index (Phi) is 4.91. The third kappa shape index (κ3) is 3.86. The van der Waals surface area contributed by atoms with Crippen molar-refractivity contribution in [3.05, 3.63) is 60.1 Å². The molecule has 3 heterocycles. The van der Waals surface area contributed by atoms with Gasteiger partial charge in [-0.1, -0.05) is 35.5 Å². The fourth-order valence-electron chi connectivity index (χ4n) is 3.38. The van der Waals surface area contributed by atoms with Gasteiger partial charge in [0.15, 0.2) is 5.76 Å². The van der Waals surface area contributed by atoms with Gasteiger partial charge in [0.25, 0.3) is 11.8 Å². The molecular weight excluding hydrogens is 346 g/mol. The van der Waals surface area contributed by atoms with Gasteiger partial charge in [0.05, 0.1) is 12.0 Å². The summed E-state index contributed by atoms with van der Waals surface area (Å²) in [7, 11) is 0. The van der Waals surface area contributed by atoms with Gasteiger partial charge < -0.3 is 19.1 Å². The van der Waals surface area contributed by atoms with Gasteiger partial charge in [-0.3, -0.25) is 9.59 Å². The van der Waals surface area contributed by atoms with E-state index < -0.39 is 6.10 Å². The summed E-state index contributed by atoms with van der Waals surface area (Å²) in [6.45, 7) is 1.93. The maximum Gasteiger partial charge on any atom is 0.289 e. The smallest absolute Gasteiger partial charge is 0.289 e. The molecule has 0 spiro atoms. The number of amides is 2. The van der Waals surface area contributed by atoms with Crippen molar-refractivity contribution >= 4 is 17.5 Å². The first kappa shape index (κ1) is 17.3. The lowest BCUT2D eigenvalue weighted by atomic mass is 10.0. The zero-order valence-corrected chi connectivity index (χ0v) is 14.9. The number of hydrogen-bond donors (Lipinski definition) is 0. The Morgan fingerprint density at radius 3 is 2.44 bits per heavy atom. The first-order chi connectivity index (χ1) is 13.2. The van der Waals surface area contributed by atoms with E-state index in [9.17, 15) is 9.59 Å². The minimum Gasteiger partial charge on any atom is -0.459 e. The first-order valence-corrected chi connectivity index (χ1v) is 9.08. The molecule has 0 aliphatic carbocycles. The van der Waals surface area contributed by atoms with Gasteiger partial charge in [-0.05, 0) is 17.7 Å². The van der Waals surface area contributed by atoms with Crippen molar-refractivity contribution in [2.75, 3.05) is 26.2 Å². The second-order valence-electron chi connectivity index (χ2n) is 6.71. The summed E-state index contributed by atoms with van der Waals surface area (Å²) in [6.07, 6.45) is 2.13. The molecule has 1 fully saturated rings. The molecular formula is C20H21N3O4. The highest BCUT2D eigenvalue weighted by atomic mass is 16.6. The third-order valence-electron chi connectivity index (χ3n) is 4.87. The number of rotatable bonds is 4.